The molecule has 0 aromatic heterocycles. The molecule has 19 heavy (non-hydrogen) atoms. The molecule has 1 aromatic carbocycles. The number of nitrogens with one attached hydrogen (secondary N) is 1. The molecule has 0 heterocycles. The predicted molar refractivity (Wildman–Crippen MR) is 86.7 cm³/mol. The molecule has 4 heteroatoms. The summed E-state index contributed by atoms with van der Waals surface area (Å²) in [4.78, 5) is 0. The third-order valence-corrected chi connectivity index (χ3v) is 5.49. The highest BCUT2D eigenvalue weighted by molar-refractivity contribution is 9.10. The molecule has 1 aliphatic rings. The second kappa shape index (κ2) is 5.27. The van der Waals surface area contributed by atoms with Crippen molar-refractivity contribution in [2.45, 2.75) is 39.2 Å². The Morgan fingerprint density at radius 3 is 2.63 bits per heavy atom. The molecule has 3 N–H and O–H groups in total. The maximum Gasteiger partial charge on any atom is 0.0549 e. The first-order valence-electron chi connectivity index (χ1n) is 6.71. The molecule has 0 aliphatic heterocycles. The van der Waals surface area contributed by atoms with E-state index < -0.39 is 0 Å². The van der Waals surface area contributed by atoms with Gasteiger partial charge in [0.15, 0.2) is 0 Å². The molecule has 0 amide bonds. The van der Waals surface area contributed by atoms with Crippen LogP contribution < -0.4 is 11.1 Å². The third kappa shape index (κ3) is 3.09. The van der Waals surface area contributed by atoms with Crippen LogP contribution in [-0.4, -0.2) is 12.1 Å². The summed E-state index contributed by atoms with van der Waals surface area (Å²) < 4.78 is 0.913. The molecule has 1 aromatic rings. The van der Waals surface area contributed by atoms with Gasteiger partial charge in [0.2, 0.25) is 0 Å². The first-order valence-corrected chi connectivity index (χ1v) is 7.88. The molecule has 2 unspecified atom stereocenters. The van der Waals surface area contributed by atoms with E-state index in [-0.39, 0.29) is 5.54 Å². The van der Waals surface area contributed by atoms with Crippen molar-refractivity contribution in [2.75, 3.05) is 11.9 Å². The Bertz CT molecular complexity index is 475. The molecule has 1 fully saturated rings. The fraction of sp³-hybridized carbons (Fsp3) is 0.600. The zero-order valence-electron chi connectivity index (χ0n) is 11.8. The van der Waals surface area contributed by atoms with Gasteiger partial charge in [-0.25, -0.2) is 0 Å². The van der Waals surface area contributed by atoms with E-state index in [0.29, 0.717) is 17.9 Å². The molecular weight excluding hydrogens is 324 g/mol. The van der Waals surface area contributed by atoms with E-state index in [1.54, 1.807) is 0 Å². The van der Waals surface area contributed by atoms with Crippen molar-refractivity contribution in [1.82, 2.24) is 0 Å². The van der Waals surface area contributed by atoms with Crippen molar-refractivity contribution < 1.29 is 0 Å². The smallest absolute Gasteiger partial charge is 0.0549 e. The summed E-state index contributed by atoms with van der Waals surface area (Å²) >= 11 is 9.51. The Morgan fingerprint density at radius 1 is 1.47 bits per heavy atom. The number of anilines is 1. The topological polar surface area (TPSA) is 38.0 Å². The minimum Gasteiger partial charge on any atom is -0.378 e. The Morgan fingerprint density at radius 2 is 2.16 bits per heavy atom. The average molecular weight is 346 g/mol. The van der Waals surface area contributed by atoms with Gasteiger partial charge in [-0.2, -0.15) is 0 Å². The zero-order valence-corrected chi connectivity index (χ0v) is 14.1. The van der Waals surface area contributed by atoms with E-state index in [2.05, 4.69) is 42.0 Å². The number of hydrogen-bond acceptors (Lipinski definition) is 2. The Labute approximate surface area is 129 Å². The van der Waals surface area contributed by atoms with Gasteiger partial charge < -0.3 is 11.1 Å². The second-order valence-electron chi connectivity index (χ2n) is 6.56. The summed E-state index contributed by atoms with van der Waals surface area (Å²) in [5.41, 5.74) is 7.50. The fourth-order valence-corrected chi connectivity index (χ4v) is 3.97. The Kier molecular flexibility index (Phi) is 4.20. The van der Waals surface area contributed by atoms with Crippen LogP contribution >= 0.6 is 27.5 Å². The molecule has 2 nitrogen and oxygen atoms in total. The molecule has 106 valence electrons. The molecule has 0 spiro atoms. The number of halogens is 2. The minimum absolute atomic E-state index is 0.0171. The van der Waals surface area contributed by atoms with E-state index in [4.69, 9.17) is 17.3 Å². The number of hydrogen-bond donors (Lipinski definition) is 2. The van der Waals surface area contributed by atoms with Gasteiger partial charge in [-0.15, -0.1) is 0 Å². The van der Waals surface area contributed by atoms with Gasteiger partial charge in [-0.05, 0) is 58.3 Å². The van der Waals surface area contributed by atoms with Gasteiger partial charge in [0.1, 0.15) is 0 Å². The summed E-state index contributed by atoms with van der Waals surface area (Å²) in [6.07, 6.45) is 2.30. The largest absolute Gasteiger partial charge is 0.378 e. The highest BCUT2D eigenvalue weighted by Crippen LogP contribution is 2.48. The van der Waals surface area contributed by atoms with E-state index in [0.717, 1.165) is 21.6 Å². The van der Waals surface area contributed by atoms with Crippen LogP contribution in [0.2, 0.25) is 5.02 Å². The first-order chi connectivity index (χ1) is 8.78. The van der Waals surface area contributed by atoms with Crippen LogP contribution in [0.4, 0.5) is 5.69 Å². The van der Waals surface area contributed by atoms with E-state index in [9.17, 15) is 0 Å². The molecule has 2 atom stereocenters. The Hall–Kier alpha value is -0.250. The van der Waals surface area contributed by atoms with Crippen molar-refractivity contribution >= 4 is 33.2 Å². The molecule has 1 aliphatic carbocycles. The lowest BCUT2D eigenvalue weighted by Gasteiger charge is -2.35. The summed E-state index contributed by atoms with van der Waals surface area (Å²) in [5, 5.41) is 4.39. The third-order valence-electron chi connectivity index (χ3n) is 4.27. The second-order valence-corrected chi connectivity index (χ2v) is 7.82. The molecule has 0 radical (unpaired) electrons. The van der Waals surface area contributed by atoms with Crippen molar-refractivity contribution in [1.29, 1.82) is 0 Å². The van der Waals surface area contributed by atoms with Crippen molar-refractivity contribution in [3.8, 4) is 0 Å². The summed E-state index contributed by atoms with van der Waals surface area (Å²) in [6, 6.07) is 5.95. The van der Waals surface area contributed by atoms with Crippen molar-refractivity contribution in [3.63, 3.8) is 0 Å². The molecular formula is C15H22BrClN2. The van der Waals surface area contributed by atoms with Crippen LogP contribution in [0.5, 0.6) is 0 Å². The maximum absolute atomic E-state index is 6.10. The van der Waals surface area contributed by atoms with Gasteiger partial charge in [0.25, 0.3) is 0 Å². The lowest BCUT2D eigenvalue weighted by Crippen LogP contribution is -2.48. The van der Waals surface area contributed by atoms with Crippen LogP contribution in [0.3, 0.4) is 0 Å². The first kappa shape index (κ1) is 15.1. The van der Waals surface area contributed by atoms with Crippen molar-refractivity contribution in [2.24, 2.45) is 17.1 Å². The van der Waals surface area contributed by atoms with Crippen LogP contribution in [0.15, 0.2) is 22.7 Å². The van der Waals surface area contributed by atoms with Gasteiger partial charge in [-0.3, -0.25) is 0 Å². The molecule has 0 bridgehead atoms. The summed E-state index contributed by atoms with van der Waals surface area (Å²) in [7, 11) is 0. The minimum atomic E-state index is -0.0171. The van der Waals surface area contributed by atoms with Gasteiger partial charge >= 0.3 is 0 Å². The lowest BCUT2D eigenvalue weighted by molar-refractivity contribution is 0.350. The Balaban J connectivity index is 2.26. The van der Waals surface area contributed by atoms with Gasteiger partial charge in [-0.1, -0.05) is 32.4 Å². The van der Waals surface area contributed by atoms with E-state index in [1.165, 1.54) is 6.42 Å². The van der Waals surface area contributed by atoms with E-state index >= 15 is 0 Å². The fourth-order valence-electron chi connectivity index (χ4n) is 3.48. The van der Waals surface area contributed by atoms with Crippen LogP contribution in [0, 0.1) is 11.3 Å². The zero-order chi connectivity index (χ0) is 14.3. The average Bonchev–Trinajstić information content (AvgIpc) is 2.54. The van der Waals surface area contributed by atoms with Gasteiger partial charge in [0, 0.05) is 16.7 Å². The molecule has 2 rings (SSSR count). The maximum atomic E-state index is 6.10. The highest BCUT2D eigenvalue weighted by Gasteiger charge is 2.47. The summed E-state index contributed by atoms with van der Waals surface area (Å²) in [6.45, 7) is 7.58. The van der Waals surface area contributed by atoms with Crippen LogP contribution in [0.25, 0.3) is 0 Å². The normalized spacial score (nSPS) is 29.5. The van der Waals surface area contributed by atoms with Crippen LogP contribution in [0.1, 0.15) is 33.6 Å². The van der Waals surface area contributed by atoms with Crippen LogP contribution in [-0.2, 0) is 0 Å². The van der Waals surface area contributed by atoms with E-state index in [1.807, 2.05) is 18.2 Å². The highest BCUT2D eigenvalue weighted by atomic mass is 79.9. The lowest BCUT2D eigenvalue weighted by atomic mass is 9.86. The molecule has 1 saturated carbocycles. The molecule has 0 saturated heterocycles. The predicted octanol–water partition coefficient (Wildman–Crippen LogP) is 4.67. The van der Waals surface area contributed by atoms with Gasteiger partial charge in [0.05, 0.1) is 10.6 Å². The SMILES string of the molecule is CC1CC(C)(C)CC1(CN)Nc1ccc(Cl)c(Br)c1. The number of benzene rings is 1. The number of rotatable bonds is 3. The quantitative estimate of drug-likeness (QED) is 0.835. The standard InChI is InChI=1S/C15H22BrClN2/c1-10-7-14(2,3)8-15(10,9-18)19-11-4-5-13(17)12(16)6-11/h4-6,10,19H,7-9,18H2,1-3H3. The monoisotopic (exact) mass is 344 g/mol. The van der Waals surface area contributed by atoms with Crippen molar-refractivity contribution in [3.05, 3.63) is 27.7 Å². The summed E-state index contributed by atoms with van der Waals surface area (Å²) in [5.74, 6) is 0.557. The number of nitrogens with two attached hydrogens (primary N) is 1.